The maximum Gasteiger partial charge on any atom is 0.0476 e. The molecule has 1 aromatic rings. The number of methoxy groups -OCH3 is 1. The Morgan fingerprint density at radius 1 is 1.24 bits per heavy atom. The molecule has 1 aromatic carbocycles. The molecule has 0 heterocycles. The van der Waals surface area contributed by atoms with Crippen molar-refractivity contribution in [2.24, 2.45) is 0 Å². The molecule has 1 atom stereocenters. The van der Waals surface area contributed by atoms with Gasteiger partial charge in [0.05, 0.1) is 0 Å². The van der Waals surface area contributed by atoms with E-state index in [1.54, 1.807) is 7.11 Å². The Morgan fingerprint density at radius 3 is 2.47 bits per heavy atom. The van der Waals surface area contributed by atoms with Gasteiger partial charge in [0.2, 0.25) is 0 Å². The number of nitrogens with one attached hydrogen (secondary N) is 1. The Bertz CT molecular complexity index is 308. The topological polar surface area (TPSA) is 21.3 Å². The highest BCUT2D eigenvalue weighted by atomic mass is 16.5. The third-order valence-electron chi connectivity index (χ3n) is 3.20. The second kappa shape index (κ2) is 6.77. The standard InChI is InChI=1S/C15H25NO/c1-13(10-11-17-4)16-12-15(2,3)14-8-6-5-7-9-14/h5-9,13,16H,10-12H2,1-4H3. The molecule has 17 heavy (non-hydrogen) atoms. The minimum absolute atomic E-state index is 0.169. The Balaban J connectivity index is 2.45. The van der Waals surface area contributed by atoms with Gasteiger partial charge >= 0.3 is 0 Å². The Labute approximate surface area is 105 Å². The van der Waals surface area contributed by atoms with Crippen LogP contribution in [0.1, 0.15) is 32.8 Å². The Kier molecular flexibility index (Phi) is 5.66. The lowest BCUT2D eigenvalue weighted by molar-refractivity contribution is 0.183. The van der Waals surface area contributed by atoms with Crippen molar-refractivity contribution in [2.75, 3.05) is 20.3 Å². The molecule has 0 radical (unpaired) electrons. The van der Waals surface area contributed by atoms with Crippen molar-refractivity contribution < 1.29 is 4.74 Å². The first-order chi connectivity index (χ1) is 8.06. The van der Waals surface area contributed by atoms with Gasteiger partial charge in [-0.1, -0.05) is 44.2 Å². The molecule has 0 amide bonds. The zero-order valence-corrected chi connectivity index (χ0v) is 11.5. The third-order valence-corrected chi connectivity index (χ3v) is 3.20. The fraction of sp³-hybridized carbons (Fsp3) is 0.600. The molecule has 0 aliphatic carbocycles. The summed E-state index contributed by atoms with van der Waals surface area (Å²) in [5.74, 6) is 0. The maximum atomic E-state index is 5.09. The van der Waals surface area contributed by atoms with Crippen LogP contribution in [0.2, 0.25) is 0 Å². The number of benzene rings is 1. The molecule has 2 nitrogen and oxygen atoms in total. The van der Waals surface area contributed by atoms with Crippen LogP contribution in [0.15, 0.2) is 30.3 Å². The molecule has 0 saturated heterocycles. The van der Waals surface area contributed by atoms with Gasteiger partial charge in [0, 0.05) is 31.7 Å². The molecule has 96 valence electrons. The molecule has 1 rings (SSSR count). The van der Waals surface area contributed by atoms with Gasteiger partial charge in [0.15, 0.2) is 0 Å². The molecule has 0 fully saturated rings. The van der Waals surface area contributed by atoms with E-state index in [1.807, 2.05) is 0 Å². The van der Waals surface area contributed by atoms with Gasteiger partial charge < -0.3 is 10.1 Å². The fourth-order valence-electron chi connectivity index (χ4n) is 1.82. The molecule has 0 aliphatic heterocycles. The SMILES string of the molecule is COCCC(C)NCC(C)(C)c1ccccc1. The van der Waals surface area contributed by atoms with Crippen LogP contribution in [-0.4, -0.2) is 26.3 Å². The Hall–Kier alpha value is -0.860. The van der Waals surface area contributed by atoms with E-state index in [1.165, 1.54) is 5.56 Å². The van der Waals surface area contributed by atoms with E-state index in [2.05, 4.69) is 56.4 Å². The second-order valence-electron chi connectivity index (χ2n) is 5.31. The van der Waals surface area contributed by atoms with Crippen LogP contribution in [0.4, 0.5) is 0 Å². The highest BCUT2D eigenvalue weighted by molar-refractivity contribution is 5.23. The molecule has 2 heteroatoms. The summed E-state index contributed by atoms with van der Waals surface area (Å²) >= 11 is 0. The third kappa shape index (κ3) is 4.88. The van der Waals surface area contributed by atoms with E-state index >= 15 is 0 Å². The fourth-order valence-corrected chi connectivity index (χ4v) is 1.82. The molecule has 1 unspecified atom stereocenters. The van der Waals surface area contributed by atoms with Gasteiger partial charge in [-0.15, -0.1) is 0 Å². The monoisotopic (exact) mass is 235 g/mol. The first kappa shape index (κ1) is 14.2. The van der Waals surface area contributed by atoms with E-state index in [4.69, 9.17) is 4.74 Å². The van der Waals surface area contributed by atoms with E-state index in [0.29, 0.717) is 6.04 Å². The molecule has 0 saturated carbocycles. The average molecular weight is 235 g/mol. The van der Waals surface area contributed by atoms with Crippen molar-refractivity contribution in [2.45, 2.75) is 38.6 Å². The second-order valence-corrected chi connectivity index (χ2v) is 5.31. The lowest BCUT2D eigenvalue weighted by Crippen LogP contribution is -2.38. The van der Waals surface area contributed by atoms with Gasteiger partial charge in [-0.25, -0.2) is 0 Å². The first-order valence-corrected chi connectivity index (χ1v) is 6.34. The van der Waals surface area contributed by atoms with Crippen molar-refractivity contribution in [3.8, 4) is 0 Å². The van der Waals surface area contributed by atoms with Gasteiger partial charge in [0.1, 0.15) is 0 Å². The van der Waals surface area contributed by atoms with Crippen LogP contribution < -0.4 is 5.32 Å². The van der Waals surface area contributed by atoms with E-state index in [-0.39, 0.29) is 5.41 Å². The quantitative estimate of drug-likeness (QED) is 0.784. The summed E-state index contributed by atoms with van der Waals surface area (Å²) in [6, 6.07) is 11.2. The average Bonchev–Trinajstić information content (AvgIpc) is 2.35. The zero-order chi connectivity index (χ0) is 12.7. The van der Waals surface area contributed by atoms with Crippen molar-refractivity contribution in [1.82, 2.24) is 5.32 Å². The molecule has 0 aromatic heterocycles. The van der Waals surface area contributed by atoms with Crippen molar-refractivity contribution >= 4 is 0 Å². The normalized spacial score (nSPS) is 13.6. The van der Waals surface area contributed by atoms with Crippen LogP contribution in [0.25, 0.3) is 0 Å². The van der Waals surface area contributed by atoms with Crippen molar-refractivity contribution in [3.63, 3.8) is 0 Å². The Morgan fingerprint density at radius 2 is 1.88 bits per heavy atom. The van der Waals surface area contributed by atoms with E-state index in [0.717, 1.165) is 19.6 Å². The minimum Gasteiger partial charge on any atom is -0.385 e. The molecular formula is C15H25NO. The summed E-state index contributed by atoms with van der Waals surface area (Å²) in [6.07, 6.45) is 1.06. The highest BCUT2D eigenvalue weighted by Crippen LogP contribution is 2.21. The largest absolute Gasteiger partial charge is 0.385 e. The van der Waals surface area contributed by atoms with Gasteiger partial charge in [0.25, 0.3) is 0 Å². The molecule has 0 bridgehead atoms. The predicted molar refractivity (Wildman–Crippen MR) is 73.4 cm³/mol. The maximum absolute atomic E-state index is 5.09. The molecule has 1 N–H and O–H groups in total. The summed E-state index contributed by atoms with van der Waals surface area (Å²) in [6.45, 7) is 8.57. The van der Waals surface area contributed by atoms with E-state index in [9.17, 15) is 0 Å². The lowest BCUT2D eigenvalue weighted by Gasteiger charge is -2.27. The van der Waals surface area contributed by atoms with Gasteiger partial charge in [-0.2, -0.15) is 0 Å². The van der Waals surface area contributed by atoms with Gasteiger partial charge in [-0.3, -0.25) is 0 Å². The lowest BCUT2D eigenvalue weighted by atomic mass is 9.84. The zero-order valence-electron chi connectivity index (χ0n) is 11.5. The highest BCUT2D eigenvalue weighted by Gasteiger charge is 2.20. The van der Waals surface area contributed by atoms with Crippen molar-refractivity contribution in [1.29, 1.82) is 0 Å². The summed E-state index contributed by atoms with van der Waals surface area (Å²) in [5, 5.41) is 3.58. The first-order valence-electron chi connectivity index (χ1n) is 6.34. The minimum atomic E-state index is 0.169. The molecule has 0 aliphatic rings. The van der Waals surface area contributed by atoms with Crippen molar-refractivity contribution in [3.05, 3.63) is 35.9 Å². The van der Waals surface area contributed by atoms with Crippen LogP contribution in [0.3, 0.4) is 0 Å². The smallest absolute Gasteiger partial charge is 0.0476 e. The predicted octanol–water partition coefficient (Wildman–Crippen LogP) is 2.98. The number of ether oxygens (including phenoxy) is 1. The van der Waals surface area contributed by atoms with Crippen LogP contribution >= 0.6 is 0 Å². The van der Waals surface area contributed by atoms with Crippen LogP contribution in [0, 0.1) is 0 Å². The number of hydrogen-bond acceptors (Lipinski definition) is 2. The summed E-state index contributed by atoms with van der Waals surface area (Å²) in [5.41, 5.74) is 1.55. The van der Waals surface area contributed by atoms with Crippen LogP contribution in [0.5, 0.6) is 0 Å². The van der Waals surface area contributed by atoms with Crippen LogP contribution in [-0.2, 0) is 10.2 Å². The van der Waals surface area contributed by atoms with Gasteiger partial charge in [-0.05, 0) is 18.9 Å². The molecule has 0 spiro atoms. The summed E-state index contributed by atoms with van der Waals surface area (Å²) < 4.78 is 5.09. The summed E-state index contributed by atoms with van der Waals surface area (Å²) in [4.78, 5) is 0. The number of hydrogen-bond donors (Lipinski definition) is 1. The van der Waals surface area contributed by atoms with E-state index < -0.39 is 0 Å². The molecular weight excluding hydrogens is 210 g/mol. The summed E-state index contributed by atoms with van der Waals surface area (Å²) in [7, 11) is 1.75. The number of rotatable bonds is 7.